The molecule has 0 radical (unpaired) electrons. The number of allylic oxidation sites excluding steroid dienone is 2. The fourth-order valence-corrected chi connectivity index (χ4v) is 10.1. The smallest absolute Gasteiger partial charge is 0.408 e. The molecule has 1 aromatic heterocycles. The Hall–Kier alpha value is -4.70. The number of rotatable bonds is 10. The quantitative estimate of drug-likeness (QED) is 0.192. The molecule has 4 N–H and O–H groups in total. The van der Waals surface area contributed by atoms with Gasteiger partial charge in [-0.25, -0.2) is 18.2 Å². The Balaban J connectivity index is 1.26. The number of aliphatic hydroxyl groups is 1. The number of hydrogen-bond acceptors (Lipinski definition) is 11. The van der Waals surface area contributed by atoms with Crippen LogP contribution < -0.4 is 24.8 Å². The summed E-state index contributed by atoms with van der Waals surface area (Å²) in [6.07, 6.45) is 9.65. The van der Waals surface area contributed by atoms with Gasteiger partial charge in [0.15, 0.2) is 0 Å². The summed E-state index contributed by atoms with van der Waals surface area (Å²) in [5, 5.41) is 16.0. The Labute approximate surface area is 352 Å². The van der Waals surface area contributed by atoms with Crippen LogP contribution in [-0.4, -0.2) is 102 Å². The molecule has 7 atom stereocenters. The van der Waals surface area contributed by atoms with Crippen molar-refractivity contribution >= 4 is 44.7 Å². The van der Waals surface area contributed by atoms with Crippen LogP contribution in [0.4, 0.5) is 4.79 Å². The minimum Gasteiger partial charge on any atom is -0.492 e. The number of nitrogens with one attached hydrogen (secondary N) is 3. The molecule has 0 spiro atoms. The SMILES string of the molecule is C=C[C@@H]1C[C@]1(NC(=O)[C@@H]1C[C@@H]2CN1C(=O)[C@H](C(C)(C)C)NC(=O)O[C@@H]1CCC[C@H]1CC/C=C\Cc1c(nc3ccccc3c1OCCCO)O2)C(=O)NS(=O)(=O)C1(C)CC1. The summed E-state index contributed by atoms with van der Waals surface area (Å²) in [7, 11) is -4.02. The molecular weight excluding hydrogens is 791 g/mol. The highest BCUT2D eigenvalue weighted by Gasteiger charge is 2.63. The number of carbonyl (C=O) groups is 4. The van der Waals surface area contributed by atoms with Gasteiger partial charge < -0.3 is 34.9 Å². The maximum Gasteiger partial charge on any atom is 0.408 e. The molecule has 3 aliphatic carbocycles. The molecule has 4 fully saturated rings. The fraction of sp³-hybridized carbons (Fsp3) is 0.614. The number of benzene rings is 1. The fourth-order valence-electron chi connectivity index (χ4n) is 8.75. The van der Waals surface area contributed by atoms with Crippen molar-refractivity contribution in [2.75, 3.05) is 19.8 Å². The Kier molecular flexibility index (Phi) is 12.3. The number of carbonyl (C=O) groups excluding carboxylic acids is 4. The Morgan fingerprint density at radius 1 is 1.13 bits per heavy atom. The molecule has 60 heavy (non-hydrogen) atoms. The van der Waals surface area contributed by atoms with Crippen molar-refractivity contribution in [3.05, 3.63) is 54.6 Å². The average molecular weight is 850 g/mol. The first kappa shape index (κ1) is 43.4. The number of sulfonamides is 1. The van der Waals surface area contributed by atoms with Gasteiger partial charge in [-0.15, -0.1) is 6.58 Å². The van der Waals surface area contributed by atoms with Crippen LogP contribution in [0.5, 0.6) is 11.6 Å². The molecule has 5 aliphatic rings. The van der Waals surface area contributed by atoms with Gasteiger partial charge >= 0.3 is 6.09 Å². The van der Waals surface area contributed by atoms with Crippen molar-refractivity contribution in [2.24, 2.45) is 17.3 Å². The molecule has 2 bridgehead atoms. The predicted molar refractivity (Wildman–Crippen MR) is 223 cm³/mol. The average Bonchev–Trinajstić information content (AvgIpc) is 4.01. The summed E-state index contributed by atoms with van der Waals surface area (Å²) in [6, 6.07) is 5.20. The van der Waals surface area contributed by atoms with E-state index in [0.717, 1.165) is 31.1 Å². The van der Waals surface area contributed by atoms with Gasteiger partial charge in [-0.2, -0.15) is 0 Å². The molecule has 1 saturated heterocycles. The van der Waals surface area contributed by atoms with E-state index in [4.69, 9.17) is 19.2 Å². The zero-order chi connectivity index (χ0) is 43.0. The van der Waals surface area contributed by atoms with E-state index in [1.54, 1.807) is 6.92 Å². The maximum absolute atomic E-state index is 14.9. The first-order valence-corrected chi connectivity index (χ1v) is 22.7. The number of amides is 4. The minimum atomic E-state index is -4.02. The zero-order valence-corrected chi connectivity index (χ0v) is 35.9. The summed E-state index contributed by atoms with van der Waals surface area (Å²) in [4.78, 5) is 63.2. The number of aromatic nitrogens is 1. The number of alkyl carbamates (subject to hydrolysis) is 1. The molecule has 15 nitrogen and oxygen atoms in total. The summed E-state index contributed by atoms with van der Waals surface area (Å²) >= 11 is 0. The highest BCUT2D eigenvalue weighted by atomic mass is 32.2. The van der Waals surface area contributed by atoms with E-state index in [1.165, 1.54) is 11.0 Å². The highest BCUT2D eigenvalue weighted by Crippen LogP contribution is 2.47. The van der Waals surface area contributed by atoms with Crippen molar-refractivity contribution in [3.63, 3.8) is 0 Å². The van der Waals surface area contributed by atoms with Crippen molar-refractivity contribution in [3.8, 4) is 11.6 Å². The molecule has 2 aromatic rings. The second-order valence-electron chi connectivity index (χ2n) is 18.4. The maximum atomic E-state index is 14.9. The Bertz CT molecular complexity index is 2150. The van der Waals surface area contributed by atoms with Crippen LogP contribution in [0.3, 0.4) is 0 Å². The van der Waals surface area contributed by atoms with Crippen LogP contribution in [0.25, 0.3) is 10.9 Å². The summed E-state index contributed by atoms with van der Waals surface area (Å²) < 4.78 is 46.5. The second-order valence-corrected chi connectivity index (χ2v) is 20.6. The van der Waals surface area contributed by atoms with Gasteiger partial charge in [-0.05, 0) is 88.2 Å². The van der Waals surface area contributed by atoms with Gasteiger partial charge in [-0.1, -0.05) is 51.1 Å². The summed E-state index contributed by atoms with van der Waals surface area (Å²) in [5.41, 5.74) is -1.15. The van der Waals surface area contributed by atoms with Crippen molar-refractivity contribution < 1.29 is 46.9 Å². The number of ether oxygens (including phenoxy) is 3. The molecule has 16 heteroatoms. The van der Waals surface area contributed by atoms with Crippen LogP contribution >= 0.6 is 0 Å². The Morgan fingerprint density at radius 2 is 1.90 bits per heavy atom. The largest absolute Gasteiger partial charge is 0.492 e. The topological polar surface area (TPSA) is 203 Å². The highest BCUT2D eigenvalue weighted by molar-refractivity contribution is 7.91. The zero-order valence-electron chi connectivity index (χ0n) is 35.0. The van der Waals surface area contributed by atoms with Crippen LogP contribution in [0, 0.1) is 17.3 Å². The Morgan fingerprint density at radius 3 is 2.60 bits per heavy atom. The molecule has 0 unspecified atom stereocenters. The number of pyridine rings is 1. The number of para-hydroxylation sites is 1. The van der Waals surface area contributed by atoms with Crippen LogP contribution in [0.2, 0.25) is 0 Å². The lowest BCUT2D eigenvalue weighted by Crippen LogP contribution is -2.60. The standard InChI is InChI=1S/C44H59N5O10S/c1-6-28-25-44(28,40(53)48-60(55,56)43(5)20-21-43)47-37(51)33-24-29-26-49(33)39(52)36(42(2,3)4)46-41(54)59-34-19-12-15-27(34)14-8-7-9-17-31-35(57-23-13-22-50)30-16-10-11-18-32(30)45-38(31)58-29/h6-7,9-11,16,18,27-29,33-34,36,50H,1,8,12-15,17,19-26H2,2-5H3,(H,46,54)(H,47,51)(H,48,53)/b9-7-/t27-,28-,29-,33+,34-,36-,44-/m1/s1. The number of aliphatic hydroxyl groups excluding tert-OH is 1. The van der Waals surface area contributed by atoms with E-state index in [1.807, 2.05) is 51.1 Å². The third kappa shape index (κ3) is 8.86. The van der Waals surface area contributed by atoms with E-state index in [-0.39, 0.29) is 50.5 Å². The molecule has 326 valence electrons. The van der Waals surface area contributed by atoms with Crippen LogP contribution in [0.1, 0.15) is 97.5 Å². The van der Waals surface area contributed by atoms with E-state index in [2.05, 4.69) is 28.0 Å². The van der Waals surface area contributed by atoms with E-state index < -0.39 is 73.6 Å². The lowest BCUT2D eigenvalue weighted by molar-refractivity contribution is -0.143. The lowest BCUT2D eigenvalue weighted by Gasteiger charge is -2.35. The molecule has 2 aliphatic heterocycles. The van der Waals surface area contributed by atoms with E-state index in [9.17, 15) is 32.7 Å². The van der Waals surface area contributed by atoms with Gasteiger partial charge in [-0.3, -0.25) is 19.1 Å². The molecular formula is C44H59N5O10S. The third-order valence-electron chi connectivity index (χ3n) is 12.9. The van der Waals surface area contributed by atoms with Crippen LogP contribution in [0.15, 0.2) is 49.1 Å². The van der Waals surface area contributed by atoms with Crippen molar-refractivity contribution in [2.45, 2.75) is 133 Å². The summed E-state index contributed by atoms with van der Waals surface area (Å²) in [5.74, 6) is -1.66. The first-order chi connectivity index (χ1) is 28.5. The molecule has 3 heterocycles. The van der Waals surface area contributed by atoms with Gasteiger partial charge in [0.1, 0.15) is 35.6 Å². The molecule has 7 rings (SSSR count). The number of nitrogens with zero attached hydrogens (tertiary/aromatic N) is 2. The molecule has 4 amide bonds. The second kappa shape index (κ2) is 17.0. The first-order valence-electron chi connectivity index (χ1n) is 21.3. The predicted octanol–water partition coefficient (Wildman–Crippen LogP) is 4.61. The molecule has 3 saturated carbocycles. The van der Waals surface area contributed by atoms with Gasteiger partial charge in [0.2, 0.25) is 27.7 Å². The monoisotopic (exact) mass is 849 g/mol. The van der Waals surface area contributed by atoms with Crippen LogP contribution in [-0.2, 0) is 35.6 Å². The summed E-state index contributed by atoms with van der Waals surface area (Å²) in [6.45, 7) is 10.9. The third-order valence-corrected chi connectivity index (χ3v) is 15.0. The van der Waals surface area contributed by atoms with E-state index in [0.29, 0.717) is 48.9 Å². The lowest BCUT2D eigenvalue weighted by atomic mass is 9.85. The number of hydrogen-bond donors (Lipinski definition) is 4. The number of fused-ring (bicyclic) bond motifs is 5. The van der Waals surface area contributed by atoms with E-state index >= 15 is 0 Å². The van der Waals surface area contributed by atoms with Gasteiger partial charge in [0, 0.05) is 30.8 Å². The van der Waals surface area contributed by atoms with Gasteiger partial charge in [0.05, 0.1) is 29.0 Å². The van der Waals surface area contributed by atoms with Gasteiger partial charge in [0.25, 0.3) is 5.91 Å². The minimum absolute atomic E-state index is 0.0139. The van der Waals surface area contributed by atoms with Crippen molar-refractivity contribution in [1.82, 2.24) is 25.2 Å². The normalized spacial score (nSPS) is 29.6. The molecule has 1 aromatic carbocycles. The van der Waals surface area contributed by atoms with Crippen molar-refractivity contribution in [1.29, 1.82) is 0 Å².